The summed E-state index contributed by atoms with van der Waals surface area (Å²) in [5.41, 5.74) is 12.9. The Hall–Kier alpha value is -2.33. The summed E-state index contributed by atoms with van der Waals surface area (Å²) in [6, 6.07) is 17.0. The standard InChI is InChI=1S/C16H18N2O2/c17-14(16(18)19)11-20-15-9-5-4-8-13(15)10-12-6-2-1-3-7-12/h1-9,14H,10-11,17H2,(H2,18,19). The number of carbonyl (C=O) groups excluding carboxylic acids is 1. The molecule has 4 heteroatoms. The summed E-state index contributed by atoms with van der Waals surface area (Å²) < 4.78 is 5.61. The molecule has 2 aromatic rings. The Morgan fingerprint density at radius 1 is 1.05 bits per heavy atom. The lowest BCUT2D eigenvalue weighted by atomic mass is 10.0. The van der Waals surface area contributed by atoms with E-state index in [9.17, 15) is 4.79 Å². The SMILES string of the molecule is NC(=O)C(N)COc1ccccc1Cc1ccccc1. The minimum atomic E-state index is -0.792. The van der Waals surface area contributed by atoms with Crippen molar-refractivity contribution in [3.8, 4) is 5.75 Å². The number of carbonyl (C=O) groups is 1. The first kappa shape index (κ1) is 14.1. The van der Waals surface area contributed by atoms with Crippen molar-refractivity contribution in [2.45, 2.75) is 12.5 Å². The monoisotopic (exact) mass is 270 g/mol. The molecule has 0 aromatic heterocycles. The maximum atomic E-state index is 10.9. The molecule has 4 nitrogen and oxygen atoms in total. The fourth-order valence-corrected chi connectivity index (χ4v) is 1.87. The van der Waals surface area contributed by atoms with E-state index in [4.69, 9.17) is 16.2 Å². The van der Waals surface area contributed by atoms with Crippen molar-refractivity contribution in [1.29, 1.82) is 0 Å². The first-order valence-electron chi connectivity index (χ1n) is 6.46. The van der Waals surface area contributed by atoms with E-state index < -0.39 is 11.9 Å². The summed E-state index contributed by atoms with van der Waals surface area (Å²) in [4.78, 5) is 10.9. The summed E-state index contributed by atoms with van der Waals surface area (Å²) in [7, 11) is 0. The summed E-state index contributed by atoms with van der Waals surface area (Å²) in [5, 5.41) is 0. The topological polar surface area (TPSA) is 78.3 Å². The molecule has 0 aliphatic carbocycles. The largest absolute Gasteiger partial charge is 0.491 e. The van der Waals surface area contributed by atoms with Crippen LogP contribution in [0.3, 0.4) is 0 Å². The van der Waals surface area contributed by atoms with Gasteiger partial charge in [-0.2, -0.15) is 0 Å². The van der Waals surface area contributed by atoms with Gasteiger partial charge in [0.25, 0.3) is 0 Å². The average molecular weight is 270 g/mol. The first-order valence-corrected chi connectivity index (χ1v) is 6.46. The summed E-state index contributed by atoms with van der Waals surface area (Å²) in [6.45, 7) is 0.0845. The number of benzene rings is 2. The van der Waals surface area contributed by atoms with Crippen LogP contribution in [-0.2, 0) is 11.2 Å². The molecule has 0 spiro atoms. The van der Waals surface area contributed by atoms with E-state index in [1.165, 1.54) is 5.56 Å². The molecule has 0 fully saturated rings. The number of ether oxygens (including phenoxy) is 1. The van der Waals surface area contributed by atoms with E-state index >= 15 is 0 Å². The van der Waals surface area contributed by atoms with Crippen molar-refractivity contribution in [1.82, 2.24) is 0 Å². The van der Waals surface area contributed by atoms with Crippen LogP contribution in [0.25, 0.3) is 0 Å². The van der Waals surface area contributed by atoms with Gasteiger partial charge in [0.15, 0.2) is 0 Å². The Morgan fingerprint density at radius 2 is 1.70 bits per heavy atom. The Balaban J connectivity index is 2.08. The van der Waals surface area contributed by atoms with Gasteiger partial charge >= 0.3 is 0 Å². The lowest BCUT2D eigenvalue weighted by molar-refractivity contribution is -0.119. The Labute approximate surface area is 118 Å². The molecule has 2 aromatic carbocycles. The third kappa shape index (κ3) is 3.83. The quantitative estimate of drug-likeness (QED) is 0.834. The molecule has 1 amide bonds. The fourth-order valence-electron chi connectivity index (χ4n) is 1.87. The minimum Gasteiger partial charge on any atom is -0.491 e. The summed E-state index contributed by atoms with van der Waals surface area (Å²) in [5.74, 6) is 0.165. The molecule has 0 heterocycles. The van der Waals surface area contributed by atoms with Gasteiger partial charge in [0, 0.05) is 6.42 Å². The molecule has 0 radical (unpaired) electrons. The van der Waals surface area contributed by atoms with Gasteiger partial charge in [-0.15, -0.1) is 0 Å². The highest BCUT2D eigenvalue weighted by Gasteiger charge is 2.11. The van der Waals surface area contributed by atoms with Gasteiger partial charge in [-0.1, -0.05) is 48.5 Å². The van der Waals surface area contributed by atoms with E-state index in [1.807, 2.05) is 42.5 Å². The van der Waals surface area contributed by atoms with Gasteiger partial charge in [-0.3, -0.25) is 4.79 Å². The highest BCUT2D eigenvalue weighted by molar-refractivity contribution is 5.79. The van der Waals surface area contributed by atoms with E-state index in [0.717, 1.165) is 17.7 Å². The third-order valence-electron chi connectivity index (χ3n) is 2.99. The van der Waals surface area contributed by atoms with Crippen LogP contribution < -0.4 is 16.2 Å². The third-order valence-corrected chi connectivity index (χ3v) is 2.99. The number of hydrogen-bond donors (Lipinski definition) is 2. The smallest absolute Gasteiger partial charge is 0.237 e. The predicted molar refractivity (Wildman–Crippen MR) is 78.4 cm³/mol. The number of para-hydroxylation sites is 1. The summed E-state index contributed by atoms with van der Waals surface area (Å²) >= 11 is 0. The van der Waals surface area contributed by atoms with E-state index in [2.05, 4.69) is 12.1 Å². The average Bonchev–Trinajstić information content (AvgIpc) is 2.47. The van der Waals surface area contributed by atoms with Crippen LogP contribution in [0.4, 0.5) is 0 Å². The molecule has 1 atom stereocenters. The first-order chi connectivity index (χ1) is 9.66. The zero-order valence-electron chi connectivity index (χ0n) is 11.2. The van der Waals surface area contributed by atoms with Gasteiger partial charge in [0.05, 0.1) is 0 Å². The highest BCUT2D eigenvalue weighted by atomic mass is 16.5. The molecule has 0 aliphatic heterocycles. The normalized spacial score (nSPS) is 11.8. The van der Waals surface area contributed by atoms with Gasteiger partial charge in [0.1, 0.15) is 18.4 Å². The van der Waals surface area contributed by atoms with Crippen molar-refractivity contribution in [3.05, 3.63) is 65.7 Å². The van der Waals surface area contributed by atoms with Crippen LogP contribution in [0, 0.1) is 0 Å². The molecule has 1 unspecified atom stereocenters. The van der Waals surface area contributed by atoms with Gasteiger partial charge in [-0.25, -0.2) is 0 Å². The molecule has 2 rings (SSSR count). The second kappa shape index (κ2) is 6.73. The molecular weight excluding hydrogens is 252 g/mol. The molecule has 4 N–H and O–H groups in total. The zero-order valence-corrected chi connectivity index (χ0v) is 11.2. The maximum absolute atomic E-state index is 10.9. The van der Waals surface area contributed by atoms with Crippen molar-refractivity contribution >= 4 is 5.91 Å². The second-order valence-electron chi connectivity index (χ2n) is 4.59. The van der Waals surface area contributed by atoms with E-state index in [-0.39, 0.29) is 6.61 Å². The molecule has 0 saturated heterocycles. The number of amides is 1. The highest BCUT2D eigenvalue weighted by Crippen LogP contribution is 2.21. The maximum Gasteiger partial charge on any atom is 0.237 e. The van der Waals surface area contributed by atoms with Crippen molar-refractivity contribution in [2.24, 2.45) is 11.5 Å². The van der Waals surface area contributed by atoms with Gasteiger partial charge in [0.2, 0.25) is 5.91 Å². The zero-order chi connectivity index (χ0) is 14.4. The van der Waals surface area contributed by atoms with Crippen LogP contribution >= 0.6 is 0 Å². The molecular formula is C16H18N2O2. The second-order valence-corrected chi connectivity index (χ2v) is 4.59. The van der Waals surface area contributed by atoms with Crippen molar-refractivity contribution in [2.75, 3.05) is 6.61 Å². The number of nitrogens with two attached hydrogens (primary N) is 2. The molecule has 20 heavy (non-hydrogen) atoms. The number of primary amides is 1. The van der Waals surface area contributed by atoms with E-state index in [1.54, 1.807) is 0 Å². The fraction of sp³-hybridized carbons (Fsp3) is 0.188. The number of rotatable bonds is 6. The van der Waals surface area contributed by atoms with Crippen molar-refractivity contribution < 1.29 is 9.53 Å². The molecule has 104 valence electrons. The number of hydrogen-bond acceptors (Lipinski definition) is 3. The van der Waals surface area contributed by atoms with Crippen LogP contribution in [0.1, 0.15) is 11.1 Å². The Kier molecular flexibility index (Phi) is 4.74. The minimum absolute atomic E-state index is 0.0845. The van der Waals surface area contributed by atoms with Crippen molar-refractivity contribution in [3.63, 3.8) is 0 Å². The molecule has 0 saturated carbocycles. The van der Waals surface area contributed by atoms with Crippen LogP contribution in [0.5, 0.6) is 5.75 Å². The lowest BCUT2D eigenvalue weighted by Crippen LogP contribution is -2.41. The molecule has 0 aliphatic rings. The summed E-state index contributed by atoms with van der Waals surface area (Å²) in [6.07, 6.45) is 0.767. The van der Waals surface area contributed by atoms with Crippen LogP contribution in [-0.4, -0.2) is 18.6 Å². The van der Waals surface area contributed by atoms with Crippen LogP contribution in [0.15, 0.2) is 54.6 Å². The van der Waals surface area contributed by atoms with Crippen LogP contribution in [0.2, 0.25) is 0 Å². The Bertz CT molecular complexity index is 570. The van der Waals surface area contributed by atoms with Gasteiger partial charge in [-0.05, 0) is 17.2 Å². The molecule has 0 bridgehead atoms. The van der Waals surface area contributed by atoms with E-state index in [0.29, 0.717) is 0 Å². The lowest BCUT2D eigenvalue weighted by Gasteiger charge is -2.13. The van der Waals surface area contributed by atoms with Gasteiger partial charge < -0.3 is 16.2 Å². The predicted octanol–water partition coefficient (Wildman–Crippen LogP) is 1.47. The Morgan fingerprint density at radius 3 is 2.40 bits per heavy atom.